The summed E-state index contributed by atoms with van der Waals surface area (Å²) in [6.45, 7) is 8.36. The van der Waals surface area contributed by atoms with Crippen molar-refractivity contribution in [2.45, 2.75) is 26.3 Å². The van der Waals surface area contributed by atoms with E-state index in [2.05, 4.69) is 15.9 Å². The van der Waals surface area contributed by atoms with Crippen LogP contribution in [0.5, 0.6) is 0 Å². The maximum absolute atomic E-state index is 12.9. The summed E-state index contributed by atoms with van der Waals surface area (Å²) in [5, 5.41) is 7.94. The first-order chi connectivity index (χ1) is 22.4. The monoisotopic (exact) mass is 637 g/mol. The Morgan fingerprint density at radius 2 is 1.78 bits per heavy atom. The molecule has 46 heavy (non-hydrogen) atoms. The molecule has 2 fully saturated rings. The molecule has 2 aromatic heterocycles. The van der Waals surface area contributed by atoms with Crippen LogP contribution in [0.4, 0.5) is 11.5 Å². The maximum Gasteiger partial charge on any atom is 0.223 e. The number of fused-ring (bicyclic) bond motifs is 1. The number of benzene rings is 2. The minimum atomic E-state index is -0.0347. The molecule has 11 heteroatoms. The summed E-state index contributed by atoms with van der Waals surface area (Å²) in [6.07, 6.45) is 5.12. The van der Waals surface area contributed by atoms with Crippen molar-refractivity contribution >= 4 is 57.0 Å². The first-order valence-corrected chi connectivity index (χ1v) is 16.5. The predicted octanol–water partition coefficient (Wildman–Crippen LogP) is 4.79. The number of morpholine rings is 1. The summed E-state index contributed by atoms with van der Waals surface area (Å²) in [5.41, 5.74) is 11.1. The number of thiophene rings is 1. The van der Waals surface area contributed by atoms with E-state index in [4.69, 9.17) is 25.8 Å². The fraction of sp³-hybridized carbons (Fsp3) is 0.343. The Bertz CT molecular complexity index is 1770. The summed E-state index contributed by atoms with van der Waals surface area (Å²) in [5.74, 6) is 1.44. The molecule has 2 aliphatic rings. The summed E-state index contributed by atoms with van der Waals surface area (Å²) >= 11 is 1.71. The van der Waals surface area contributed by atoms with Gasteiger partial charge in [0.15, 0.2) is 17.4 Å². The van der Waals surface area contributed by atoms with E-state index in [0.29, 0.717) is 43.4 Å². The minimum absolute atomic E-state index is 0.0305. The number of hydrogen-bond acceptors (Lipinski definition) is 10. The van der Waals surface area contributed by atoms with Crippen molar-refractivity contribution in [1.29, 1.82) is 5.41 Å². The molecule has 2 aliphatic heterocycles. The van der Waals surface area contributed by atoms with Crippen molar-refractivity contribution in [3.05, 3.63) is 76.2 Å². The number of allylic oxidation sites excluding steroid dienone is 1. The zero-order chi connectivity index (χ0) is 32.0. The molecular formula is C35H39N7O3S. The van der Waals surface area contributed by atoms with E-state index in [-0.39, 0.29) is 24.5 Å². The minimum Gasteiger partial charge on any atom is -0.398 e. The number of carbonyl (C=O) groups excluding carboxylic acids is 2. The Labute approximate surface area is 273 Å². The molecule has 0 unspecified atom stereocenters. The van der Waals surface area contributed by atoms with Gasteiger partial charge in [-0.1, -0.05) is 42.5 Å². The molecule has 10 nitrogen and oxygen atoms in total. The molecule has 0 atom stereocenters. The van der Waals surface area contributed by atoms with Crippen molar-refractivity contribution < 1.29 is 14.3 Å². The third kappa shape index (κ3) is 7.17. The zero-order valence-electron chi connectivity index (χ0n) is 26.1. The van der Waals surface area contributed by atoms with Crippen LogP contribution in [0.25, 0.3) is 27.7 Å². The van der Waals surface area contributed by atoms with Gasteiger partial charge in [-0.25, -0.2) is 9.97 Å². The molecule has 0 spiro atoms. The number of nitrogens with one attached hydrogen (secondary N) is 1. The number of piperazine rings is 1. The van der Waals surface area contributed by atoms with Gasteiger partial charge in [-0.3, -0.25) is 14.5 Å². The number of ketones is 1. The van der Waals surface area contributed by atoms with Gasteiger partial charge in [0.2, 0.25) is 5.91 Å². The summed E-state index contributed by atoms with van der Waals surface area (Å²) < 4.78 is 6.65. The molecule has 0 radical (unpaired) electrons. The van der Waals surface area contributed by atoms with Crippen LogP contribution in [-0.4, -0.2) is 90.2 Å². The second kappa shape index (κ2) is 14.3. The topological polar surface area (TPSA) is 129 Å². The van der Waals surface area contributed by atoms with Crippen LogP contribution in [0.15, 0.2) is 54.6 Å². The fourth-order valence-corrected chi connectivity index (χ4v) is 7.05. The van der Waals surface area contributed by atoms with Gasteiger partial charge in [0, 0.05) is 86.6 Å². The Morgan fingerprint density at radius 3 is 2.54 bits per heavy atom. The van der Waals surface area contributed by atoms with Crippen molar-refractivity contribution in [3.8, 4) is 11.4 Å². The molecule has 3 N–H and O–H groups in total. The molecule has 2 aromatic carbocycles. The van der Waals surface area contributed by atoms with Crippen LogP contribution < -0.4 is 10.6 Å². The second-order valence-corrected chi connectivity index (χ2v) is 12.8. The van der Waals surface area contributed by atoms with E-state index < -0.39 is 0 Å². The number of anilines is 2. The normalized spacial score (nSPS) is 15.9. The highest BCUT2D eigenvalue weighted by molar-refractivity contribution is 7.19. The lowest BCUT2D eigenvalue weighted by atomic mass is 10.1. The summed E-state index contributed by atoms with van der Waals surface area (Å²) in [6, 6.07) is 15.6. The Morgan fingerprint density at radius 1 is 1.00 bits per heavy atom. The number of nitrogen functional groups attached to an aromatic ring is 1. The fourth-order valence-electron chi connectivity index (χ4n) is 5.90. The number of hydrogen-bond donors (Lipinski definition) is 2. The number of aryl methyl sites for hydroxylation is 1. The van der Waals surface area contributed by atoms with Crippen LogP contribution >= 0.6 is 11.3 Å². The van der Waals surface area contributed by atoms with E-state index in [1.807, 2.05) is 54.3 Å². The molecule has 238 valence electrons. The average molecular weight is 638 g/mol. The average Bonchev–Trinajstić information content (AvgIpc) is 3.49. The van der Waals surface area contributed by atoms with Crippen LogP contribution in [0, 0.1) is 12.3 Å². The van der Waals surface area contributed by atoms with Crippen molar-refractivity contribution in [2.75, 3.05) is 63.1 Å². The number of nitrogens with two attached hydrogens (primary N) is 1. The molecule has 0 saturated carbocycles. The predicted molar refractivity (Wildman–Crippen MR) is 184 cm³/mol. The lowest BCUT2D eigenvalue weighted by Crippen LogP contribution is -2.48. The number of ether oxygens (including phenoxy) is 1. The highest BCUT2D eigenvalue weighted by Crippen LogP contribution is 2.36. The smallest absolute Gasteiger partial charge is 0.223 e. The molecule has 6 rings (SSSR count). The first-order valence-electron chi connectivity index (χ1n) is 15.7. The Hall–Kier alpha value is -4.45. The number of rotatable bonds is 10. The molecule has 0 aliphatic carbocycles. The van der Waals surface area contributed by atoms with Crippen LogP contribution in [-0.2, 0) is 20.9 Å². The maximum atomic E-state index is 12.9. The quantitative estimate of drug-likeness (QED) is 0.144. The second-order valence-electron chi connectivity index (χ2n) is 11.7. The van der Waals surface area contributed by atoms with Gasteiger partial charge in [-0.15, -0.1) is 11.3 Å². The zero-order valence-corrected chi connectivity index (χ0v) is 26.9. The van der Waals surface area contributed by atoms with Crippen LogP contribution in [0.1, 0.15) is 34.4 Å². The highest BCUT2D eigenvalue weighted by Gasteiger charge is 2.24. The SMILES string of the molecule is Cc1ccccc1/C=C/C(=O)CCC(=O)N1CCN(Cc2cc3nc(-c4cccc(N)c4C=N)nc(N4CCOCC4)c3s2)CC1. The van der Waals surface area contributed by atoms with E-state index in [0.717, 1.165) is 65.4 Å². The summed E-state index contributed by atoms with van der Waals surface area (Å²) in [7, 11) is 0. The molecular weight excluding hydrogens is 598 g/mol. The number of nitrogens with zero attached hydrogens (tertiary/aromatic N) is 5. The lowest BCUT2D eigenvalue weighted by Gasteiger charge is -2.34. The Kier molecular flexibility index (Phi) is 9.82. The number of amides is 1. The van der Waals surface area contributed by atoms with Crippen molar-refractivity contribution in [3.63, 3.8) is 0 Å². The molecule has 4 aromatic rings. The highest BCUT2D eigenvalue weighted by atomic mass is 32.1. The number of aromatic nitrogens is 2. The lowest BCUT2D eigenvalue weighted by molar-refractivity contribution is -0.134. The molecule has 4 heterocycles. The van der Waals surface area contributed by atoms with Crippen molar-refractivity contribution in [2.24, 2.45) is 0 Å². The molecule has 2 saturated heterocycles. The first kappa shape index (κ1) is 31.5. The third-order valence-electron chi connectivity index (χ3n) is 8.57. The summed E-state index contributed by atoms with van der Waals surface area (Å²) in [4.78, 5) is 43.0. The van der Waals surface area contributed by atoms with Gasteiger partial charge < -0.3 is 25.7 Å². The number of carbonyl (C=O) groups is 2. The third-order valence-corrected chi connectivity index (χ3v) is 9.67. The van der Waals surface area contributed by atoms with Crippen molar-refractivity contribution in [1.82, 2.24) is 19.8 Å². The van der Waals surface area contributed by atoms with Gasteiger partial charge in [0.05, 0.1) is 23.4 Å². The van der Waals surface area contributed by atoms with Crippen LogP contribution in [0.3, 0.4) is 0 Å². The van der Waals surface area contributed by atoms with Gasteiger partial charge in [-0.05, 0) is 36.3 Å². The van der Waals surface area contributed by atoms with Gasteiger partial charge in [0.1, 0.15) is 0 Å². The van der Waals surface area contributed by atoms with E-state index in [9.17, 15) is 9.59 Å². The Balaban J connectivity index is 1.10. The molecule has 1 amide bonds. The van der Waals surface area contributed by atoms with E-state index in [1.165, 1.54) is 11.1 Å². The van der Waals surface area contributed by atoms with E-state index in [1.54, 1.807) is 23.5 Å². The van der Waals surface area contributed by atoms with Gasteiger partial charge in [0.25, 0.3) is 0 Å². The van der Waals surface area contributed by atoms with Gasteiger partial charge >= 0.3 is 0 Å². The standard InChI is InChI=1S/C35H39N7O3S/c1-24-5-2-3-6-25(24)9-10-26(43)11-12-32(44)41-15-13-40(14-16-41)23-27-21-31-33(46-27)35(42-17-19-45-20-18-42)39-34(38-31)28-7-4-8-30(37)29(28)22-36/h2-10,21-22,36H,11-20,23,37H2,1H3/b10-9+,36-22?. The van der Waals surface area contributed by atoms with E-state index >= 15 is 0 Å². The van der Waals surface area contributed by atoms with Gasteiger partial charge in [-0.2, -0.15) is 0 Å². The largest absolute Gasteiger partial charge is 0.398 e. The molecule has 0 bridgehead atoms. The van der Waals surface area contributed by atoms with Crippen LogP contribution in [0.2, 0.25) is 0 Å².